The first-order valence-corrected chi connectivity index (χ1v) is 5.88. The minimum atomic E-state index is -0.187. The van der Waals surface area contributed by atoms with Crippen molar-refractivity contribution < 1.29 is 4.74 Å². The van der Waals surface area contributed by atoms with E-state index in [9.17, 15) is 0 Å². The molecule has 1 aromatic heterocycles. The summed E-state index contributed by atoms with van der Waals surface area (Å²) >= 11 is 0. The first kappa shape index (κ1) is 12.2. The maximum atomic E-state index is 9.03. The van der Waals surface area contributed by atoms with Crippen LogP contribution < -0.4 is 4.74 Å². The molecule has 2 rings (SSSR count). The van der Waals surface area contributed by atoms with Crippen molar-refractivity contribution in [1.82, 2.24) is 9.97 Å². The van der Waals surface area contributed by atoms with E-state index in [1.54, 1.807) is 13.3 Å². The number of H-pyrrole nitrogens is 1. The zero-order valence-electron chi connectivity index (χ0n) is 10.5. The van der Waals surface area contributed by atoms with E-state index in [1.807, 2.05) is 31.2 Å². The molecule has 0 saturated carbocycles. The molecule has 1 aromatic carbocycles. The molecule has 0 aliphatic rings. The van der Waals surface area contributed by atoms with E-state index in [2.05, 4.69) is 16.0 Å². The molecule has 0 amide bonds. The Balaban J connectivity index is 2.38. The lowest BCUT2D eigenvalue weighted by Gasteiger charge is -2.06. The van der Waals surface area contributed by atoms with Gasteiger partial charge in [0, 0.05) is 5.56 Å². The molecule has 0 radical (unpaired) electrons. The number of rotatable bonds is 4. The SMILES string of the molecule is CCC(C#N)c1ncc(-c2ccccc2OC)[nH]1. The Labute approximate surface area is 106 Å². The van der Waals surface area contributed by atoms with Crippen molar-refractivity contribution in [3.8, 4) is 23.1 Å². The summed E-state index contributed by atoms with van der Waals surface area (Å²) in [6, 6.07) is 9.96. The van der Waals surface area contributed by atoms with E-state index in [1.165, 1.54) is 0 Å². The summed E-state index contributed by atoms with van der Waals surface area (Å²) in [6.45, 7) is 1.97. The number of nitriles is 1. The van der Waals surface area contributed by atoms with Gasteiger partial charge in [-0.25, -0.2) is 4.98 Å². The molecule has 1 heterocycles. The van der Waals surface area contributed by atoms with E-state index in [0.29, 0.717) is 5.82 Å². The Hall–Kier alpha value is -2.28. The van der Waals surface area contributed by atoms with Crippen LogP contribution in [0.4, 0.5) is 0 Å². The molecule has 92 valence electrons. The van der Waals surface area contributed by atoms with Crippen LogP contribution in [0.3, 0.4) is 0 Å². The minimum absolute atomic E-state index is 0.187. The minimum Gasteiger partial charge on any atom is -0.496 e. The summed E-state index contributed by atoms with van der Waals surface area (Å²) in [4.78, 5) is 7.47. The predicted molar refractivity (Wildman–Crippen MR) is 69.2 cm³/mol. The number of nitrogens with zero attached hydrogens (tertiary/aromatic N) is 2. The van der Waals surface area contributed by atoms with Gasteiger partial charge in [0.2, 0.25) is 0 Å². The largest absolute Gasteiger partial charge is 0.496 e. The Bertz CT molecular complexity index is 568. The molecule has 0 bridgehead atoms. The van der Waals surface area contributed by atoms with Crippen molar-refractivity contribution in [3.05, 3.63) is 36.3 Å². The first-order chi connectivity index (χ1) is 8.80. The number of imidazole rings is 1. The van der Waals surface area contributed by atoms with Gasteiger partial charge in [-0.3, -0.25) is 0 Å². The van der Waals surface area contributed by atoms with Crippen LogP contribution in [-0.2, 0) is 0 Å². The van der Waals surface area contributed by atoms with E-state index in [-0.39, 0.29) is 5.92 Å². The van der Waals surface area contributed by atoms with Gasteiger partial charge in [-0.15, -0.1) is 0 Å². The number of hydrogen-bond donors (Lipinski definition) is 1. The second-order valence-corrected chi connectivity index (χ2v) is 3.97. The number of nitrogens with one attached hydrogen (secondary N) is 1. The summed E-state index contributed by atoms with van der Waals surface area (Å²) in [5.74, 6) is 1.31. The quantitative estimate of drug-likeness (QED) is 0.894. The molecule has 1 N–H and O–H groups in total. The van der Waals surface area contributed by atoms with Gasteiger partial charge in [0.15, 0.2) is 0 Å². The Morgan fingerprint density at radius 1 is 1.44 bits per heavy atom. The van der Waals surface area contributed by atoms with Crippen LogP contribution in [0, 0.1) is 11.3 Å². The predicted octanol–water partition coefficient (Wildman–Crippen LogP) is 3.10. The van der Waals surface area contributed by atoms with Crippen LogP contribution in [0.2, 0.25) is 0 Å². The van der Waals surface area contributed by atoms with Crippen LogP contribution >= 0.6 is 0 Å². The Morgan fingerprint density at radius 3 is 2.89 bits per heavy atom. The molecule has 18 heavy (non-hydrogen) atoms. The van der Waals surface area contributed by atoms with Crippen molar-refractivity contribution in [1.29, 1.82) is 5.26 Å². The summed E-state index contributed by atoms with van der Waals surface area (Å²) in [6.07, 6.45) is 2.49. The molecule has 0 aliphatic heterocycles. The summed E-state index contributed by atoms with van der Waals surface area (Å²) in [5.41, 5.74) is 1.82. The van der Waals surface area contributed by atoms with E-state index in [4.69, 9.17) is 10.00 Å². The van der Waals surface area contributed by atoms with Gasteiger partial charge in [0.05, 0.1) is 25.1 Å². The third kappa shape index (κ3) is 2.21. The van der Waals surface area contributed by atoms with E-state index in [0.717, 1.165) is 23.4 Å². The normalized spacial score (nSPS) is 11.8. The molecule has 0 fully saturated rings. The molecular formula is C14H15N3O. The van der Waals surface area contributed by atoms with E-state index < -0.39 is 0 Å². The first-order valence-electron chi connectivity index (χ1n) is 5.88. The number of aromatic amines is 1. The highest BCUT2D eigenvalue weighted by Crippen LogP contribution is 2.29. The highest BCUT2D eigenvalue weighted by atomic mass is 16.5. The van der Waals surface area contributed by atoms with Crippen LogP contribution in [0.1, 0.15) is 25.1 Å². The van der Waals surface area contributed by atoms with Crippen molar-refractivity contribution in [3.63, 3.8) is 0 Å². The molecule has 1 unspecified atom stereocenters. The molecule has 4 nitrogen and oxygen atoms in total. The molecule has 1 atom stereocenters. The number of ether oxygens (including phenoxy) is 1. The third-order valence-electron chi connectivity index (χ3n) is 2.89. The standard InChI is InChI=1S/C14H15N3O/c1-3-10(8-15)14-16-9-12(17-14)11-6-4-5-7-13(11)18-2/h4-7,9-10H,3H2,1-2H3,(H,16,17). The number of para-hydroxylation sites is 1. The zero-order valence-corrected chi connectivity index (χ0v) is 10.5. The van der Waals surface area contributed by atoms with Crippen molar-refractivity contribution >= 4 is 0 Å². The summed E-state index contributed by atoms with van der Waals surface area (Å²) in [5, 5.41) is 9.03. The lowest BCUT2D eigenvalue weighted by Crippen LogP contribution is -1.96. The van der Waals surface area contributed by atoms with Gasteiger partial charge in [-0.2, -0.15) is 5.26 Å². The van der Waals surface area contributed by atoms with Gasteiger partial charge in [-0.05, 0) is 18.6 Å². The fraction of sp³-hybridized carbons (Fsp3) is 0.286. The van der Waals surface area contributed by atoms with Crippen LogP contribution in [0.5, 0.6) is 5.75 Å². The molecule has 2 aromatic rings. The van der Waals surface area contributed by atoms with Crippen LogP contribution in [0.15, 0.2) is 30.5 Å². The maximum Gasteiger partial charge on any atom is 0.128 e. The number of benzene rings is 1. The Kier molecular flexibility index (Phi) is 3.63. The average molecular weight is 241 g/mol. The number of hydrogen-bond acceptors (Lipinski definition) is 3. The Morgan fingerprint density at radius 2 is 2.22 bits per heavy atom. The smallest absolute Gasteiger partial charge is 0.128 e. The van der Waals surface area contributed by atoms with Gasteiger partial charge >= 0.3 is 0 Å². The van der Waals surface area contributed by atoms with Crippen molar-refractivity contribution in [2.45, 2.75) is 19.3 Å². The second-order valence-electron chi connectivity index (χ2n) is 3.97. The zero-order chi connectivity index (χ0) is 13.0. The number of aromatic nitrogens is 2. The van der Waals surface area contributed by atoms with E-state index >= 15 is 0 Å². The summed E-state index contributed by atoms with van der Waals surface area (Å²) < 4.78 is 5.31. The second kappa shape index (κ2) is 5.37. The van der Waals surface area contributed by atoms with Gasteiger partial charge in [0.25, 0.3) is 0 Å². The topological polar surface area (TPSA) is 61.7 Å². The highest BCUT2D eigenvalue weighted by Gasteiger charge is 2.14. The lowest BCUT2D eigenvalue weighted by molar-refractivity contribution is 0.416. The van der Waals surface area contributed by atoms with Gasteiger partial charge in [0.1, 0.15) is 17.5 Å². The fourth-order valence-electron chi connectivity index (χ4n) is 1.86. The monoisotopic (exact) mass is 241 g/mol. The third-order valence-corrected chi connectivity index (χ3v) is 2.89. The van der Waals surface area contributed by atoms with Gasteiger partial charge < -0.3 is 9.72 Å². The maximum absolute atomic E-state index is 9.03. The van der Waals surface area contributed by atoms with Crippen molar-refractivity contribution in [2.75, 3.05) is 7.11 Å². The van der Waals surface area contributed by atoms with Crippen molar-refractivity contribution in [2.24, 2.45) is 0 Å². The molecule has 0 aliphatic carbocycles. The fourth-order valence-corrected chi connectivity index (χ4v) is 1.86. The number of methoxy groups -OCH3 is 1. The van der Waals surface area contributed by atoms with Crippen LogP contribution in [-0.4, -0.2) is 17.1 Å². The molecule has 0 saturated heterocycles. The lowest BCUT2D eigenvalue weighted by atomic mass is 10.1. The molecule has 0 spiro atoms. The molecular weight excluding hydrogens is 226 g/mol. The highest BCUT2D eigenvalue weighted by molar-refractivity contribution is 5.66. The molecule has 4 heteroatoms. The average Bonchev–Trinajstić information content (AvgIpc) is 2.89. The van der Waals surface area contributed by atoms with Crippen LogP contribution in [0.25, 0.3) is 11.3 Å². The van der Waals surface area contributed by atoms with Gasteiger partial charge in [-0.1, -0.05) is 19.1 Å². The summed E-state index contributed by atoms with van der Waals surface area (Å²) in [7, 11) is 1.64.